The van der Waals surface area contributed by atoms with E-state index in [1.807, 2.05) is 44.2 Å². The Hall–Kier alpha value is -2.88. The van der Waals surface area contributed by atoms with Crippen LogP contribution in [0.25, 0.3) is 22.0 Å². The van der Waals surface area contributed by atoms with Crippen molar-refractivity contribution in [1.29, 1.82) is 0 Å². The van der Waals surface area contributed by atoms with E-state index in [4.69, 9.17) is 5.11 Å². The Bertz CT molecular complexity index is 922. The number of aryl methyl sites for hydroxylation is 1. The number of nitrogens with zero attached hydrogens (tertiary/aromatic N) is 1. The molecule has 116 valence electrons. The summed E-state index contributed by atoms with van der Waals surface area (Å²) in [5.74, 6) is -0.861. The van der Waals surface area contributed by atoms with Crippen molar-refractivity contribution in [3.63, 3.8) is 0 Å². The van der Waals surface area contributed by atoms with E-state index < -0.39 is 5.97 Å². The molecule has 23 heavy (non-hydrogen) atoms. The summed E-state index contributed by atoms with van der Waals surface area (Å²) in [6.45, 7) is 3.74. The molecular formula is C19H17NO3. The molecule has 0 atom stereocenters. The van der Waals surface area contributed by atoms with E-state index in [0.29, 0.717) is 6.42 Å². The average Bonchev–Trinajstić information content (AvgIpc) is 2.97. The predicted octanol–water partition coefficient (Wildman–Crippen LogP) is 4.37. The van der Waals surface area contributed by atoms with Gasteiger partial charge in [-0.1, -0.05) is 19.1 Å². The Balaban J connectivity index is 2.08. The van der Waals surface area contributed by atoms with E-state index in [2.05, 4.69) is 0 Å². The van der Waals surface area contributed by atoms with E-state index >= 15 is 0 Å². The Morgan fingerprint density at radius 2 is 1.87 bits per heavy atom. The summed E-state index contributed by atoms with van der Waals surface area (Å²) < 4.78 is 1.67. The van der Waals surface area contributed by atoms with Crippen molar-refractivity contribution in [2.45, 2.75) is 20.3 Å². The number of hydrogen-bond acceptors (Lipinski definition) is 2. The number of carbonyl (C=O) groups excluding carboxylic acids is 1. The monoisotopic (exact) mass is 307 g/mol. The molecule has 0 bridgehead atoms. The lowest BCUT2D eigenvalue weighted by molar-refractivity contribution is 0.0696. The molecule has 2 aromatic carbocycles. The summed E-state index contributed by atoms with van der Waals surface area (Å²) >= 11 is 0. The van der Waals surface area contributed by atoms with Gasteiger partial charge >= 0.3 is 5.97 Å². The van der Waals surface area contributed by atoms with Crippen molar-refractivity contribution >= 4 is 22.8 Å². The van der Waals surface area contributed by atoms with Crippen molar-refractivity contribution in [2.24, 2.45) is 0 Å². The van der Waals surface area contributed by atoms with Crippen molar-refractivity contribution in [3.05, 3.63) is 59.8 Å². The summed E-state index contributed by atoms with van der Waals surface area (Å²) in [5, 5.41) is 10.0. The van der Waals surface area contributed by atoms with Gasteiger partial charge in [-0.05, 0) is 53.9 Å². The maximum atomic E-state index is 11.9. The number of rotatable bonds is 3. The topological polar surface area (TPSA) is 59.3 Å². The van der Waals surface area contributed by atoms with E-state index in [1.54, 1.807) is 22.9 Å². The quantitative estimate of drug-likeness (QED) is 0.782. The van der Waals surface area contributed by atoms with Crippen LogP contribution < -0.4 is 0 Å². The van der Waals surface area contributed by atoms with Crippen molar-refractivity contribution in [3.8, 4) is 11.1 Å². The van der Waals surface area contributed by atoms with Gasteiger partial charge in [-0.25, -0.2) is 4.79 Å². The van der Waals surface area contributed by atoms with Gasteiger partial charge in [0.15, 0.2) is 0 Å². The zero-order valence-electron chi connectivity index (χ0n) is 13.0. The zero-order valence-corrected chi connectivity index (χ0v) is 13.0. The fourth-order valence-electron chi connectivity index (χ4n) is 2.82. The first-order valence-electron chi connectivity index (χ1n) is 7.50. The van der Waals surface area contributed by atoms with Crippen LogP contribution in [0.1, 0.15) is 34.1 Å². The van der Waals surface area contributed by atoms with Crippen molar-refractivity contribution in [2.75, 3.05) is 0 Å². The highest BCUT2D eigenvalue weighted by Gasteiger charge is 2.10. The molecule has 1 aromatic heterocycles. The molecule has 0 aliphatic carbocycles. The highest BCUT2D eigenvalue weighted by atomic mass is 16.4. The molecule has 4 heteroatoms. The lowest BCUT2D eigenvalue weighted by Crippen LogP contribution is -2.06. The van der Waals surface area contributed by atoms with Crippen LogP contribution in [0, 0.1) is 6.92 Å². The van der Waals surface area contributed by atoms with Crippen LogP contribution in [0.4, 0.5) is 0 Å². The second-order valence-electron chi connectivity index (χ2n) is 5.54. The fraction of sp³-hybridized carbons (Fsp3) is 0.158. The Kier molecular flexibility index (Phi) is 3.74. The van der Waals surface area contributed by atoms with Crippen molar-refractivity contribution < 1.29 is 14.7 Å². The largest absolute Gasteiger partial charge is 0.478 e. The number of carboxylic acids is 1. The molecule has 0 aliphatic rings. The van der Waals surface area contributed by atoms with Crippen LogP contribution in [0.5, 0.6) is 0 Å². The maximum absolute atomic E-state index is 11.9. The Labute approximate surface area is 134 Å². The van der Waals surface area contributed by atoms with Crippen LogP contribution in [-0.4, -0.2) is 21.6 Å². The first-order chi connectivity index (χ1) is 11.0. The van der Waals surface area contributed by atoms with Crippen LogP contribution in [-0.2, 0) is 0 Å². The van der Waals surface area contributed by atoms with Crippen LogP contribution >= 0.6 is 0 Å². The highest BCUT2D eigenvalue weighted by Crippen LogP contribution is 2.28. The molecule has 1 N–H and O–H groups in total. The van der Waals surface area contributed by atoms with E-state index in [9.17, 15) is 9.59 Å². The lowest BCUT2D eigenvalue weighted by atomic mass is 9.97. The molecule has 0 amide bonds. The molecule has 0 saturated carbocycles. The highest BCUT2D eigenvalue weighted by molar-refractivity contribution is 5.95. The lowest BCUT2D eigenvalue weighted by Gasteiger charge is -2.08. The predicted molar refractivity (Wildman–Crippen MR) is 90.0 cm³/mol. The molecule has 1 heterocycles. The summed E-state index contributed by atoms with van der Waals surface area (Å²) in [6, 6.07) is 13.0. The number of hydrogen-bond donors (Lipinski definition) is 1. The van der Waals surface area contributed by atoms with Gasteiger partial charge in [-0.3, -0.25) is 9.36 Å². The second kappa shape index (κ2) is 5.72. The molecule has 0 unspecified atom stereocenters. The first kappa shape index (κ1) is 15.0. The maximum Gasteiger partial charge on any atom is 0.335 e. The van der Waals surface area contributed by atoms with Crippen LogP contribution in [0.2, 0.25) is 0 Å². The third-order valence-corrected chi connectivity index (χ3v) is 4.05. The standard InChI is InChI=1S/C19H17NO3/c1-3-18(21)20-9-8-14-11-13(5-7-17(14)20)16-6-4-15(19(22)23)10-12(16)2/h4-11H,3H2,1-2H3,(H,22,23). The molecule has 3 aromatic rings. The number of carboxylic acid groups (broad SMARTS) is 1. The van der Waals surface area contributed by atoms with E-state index in [0.717, 1.165) is 27.6 Å². The molecule has 0 saturated heterocycles. The summed E-state index contributed by atoms with van der Waals surface area (Å²) in [5.41, 5.74) is 4.08. The van der Waals surface area contributed by atoms with Gasteiger partial charge in [-0.2, -0.15) is 0 Å². The average molecular weight is 307 g/mol. The van der Waals surface area contributed by atoms with Gasteiger partial charge < -0.3 is 5.11 Å². The Morgan fingerprint density at radius 1 is 1.09 bits per heavy atom. The van der Waals surface area contributed by atoms with Crippen molar-refractivity contribution in [1.82, 2.24) is 4.57 Å². The van der Waals surface area contributed by atoms with Gasteiger partial charge in [-0.15, -0.1) is 0 Å². The minimum atomic E-state index is -0.926. The summed E-state index contributed by atoms with van der Waals surface area (Å²) in [6.07, 6.45) is 2.25. The van der Waals surface area contributed by atoms with E-state index in [1.165, 1.54) is 0 Å². The molecule has 0 spiro atoms. The molecule has 0 fully saturated rings. The third kappa shape index (κ3) is 2.63. The Morgan fingerprint density at radius 3 is 2.52 bits per heavy atom. The van der Waals surface area contributed by atoms with Gasteiger partial charge in [0.25, 0.3) is 0 Å². The number of carbonyl (C=O) groups is 2. The number of benzene rings is 2. The number of fused-ring (bicyclic) bond motifs is 1. The minimum Gasteiger partial charge on any atom is -0.478 e. The SMILES string of the molecule is CCC(=O)n1ccc2cc(-c3ccc(C(=O)O)cc3C)ccc21. The third-order valence-electron chi connectivity index (χ3n) is 4.05. The molecular weight excluding hydrogens is 290 g/mol. The molecule has 0 aliphatic heterocycles. The summed E-state index contributed by atoms with van der Waals surface area (Å²) in [4.78, 5) is 22.9. The second-order valence-corrected chi connectivity index (χ2v) is 5.54. The van der Waals surface area contributed by atoms with Gasteiger partial charge in [0.2, 0.25) is 5.91 Å². The molecule has 3 rings (SSSR count). The zero-order chi connectivity index (χ0) is 16.6. The van der Waals surface area contributed by atoms with Gasteiger partial charge in [0.1, 0.15) is 0 Å². The first-order valence-corrected chi connectivity index (χ1v) is 7.50. The summed E-state index contributed by atoms with van der Waals surface area (Å²) in [7, 11) is 0. The van der Waals surface area contributed by atoms with Gasteiger partial charge in [0.05, 0.1) is 11.1 Å². The van der Waals surface area contributed by atoms with Crippen LogP contribution in [0.3, 0.4) is 0 Å². The van der Waals surface area contributed by atoms with E-state index in [-0.39, 0.29) is 11.5 Å². The minimum absolute atomic E-state index is 0.0646. The number of aromatic carboxylic acids is 1. The van der Waals surface area contributed by atoms with Gasteiger partial charge in [0, 0.05) is 18.0 Å². The molecule has 4 nitrogen and oxygen atoms in total. The molecule has 0 radical (unpaired) electrons. The fourth-order valence-corrected chi connectivity index (χ4v) is 2.82. The smallest absolute Gasteiger partial charge is 0.335 e. The normalized spacial score (nSPS) is 10.9. The van der Waals surface area contributed by atoms with Crippen LogP contribution in [0.15, 0.2) is 48.7 Å². The number of aromatic nitrogens is 1.